The van der Waals surface area contributed by atoms with Crippen molar-refractivity contribution >= 4 is 39.0 Å². The summed E-state index contributed by atoms with van der Waals surface area (Å²) >= 11 is 4.69. The highest BCUT2D eigenvalue weighted by Gasteiger charge is 2.08. The van der Waals surface area contributed by atoms with E-state index in [-0.39, 0.29) is 5.91 Å². The van der Waals surface area contributed by atoms with Crippen LogP contribution in [-0.4, -0.2) is 10.9 Å². The molecule has 0 aliphatic carbocycles. The Morgan fingerprint density at radius 1 is 1.50 bits per heavy atom. The molecule has 6 heteroatoms. The van der Waals surface area contributed by atoms with E-state index >= 15 is 0 Å². The first kappa shape index (κ1) is 11.2. The van der Waals surface area contributed by atoms with Crippen LogP contribution < -0.4 is 5.32 Å². The van der Waals surface area contributed by atoms with E-state index in [4.69, 9.17) is 0 Å². The summed E-state index contributed by atoms with van der Waals surface area (Å²) in [6.45, 7) is 0. The fourth-order valence-electron chi connectivity index (χ4n) is 1.07. The standard InChI is InChI=1S/C10H6BrFN2OS/c11-8-3-6(5-16-8)10(15)14-9-2-1-7(12)4-13-9/h1-5H,(H,13,14,15). The third kappa shape index (κ3) is 2.65. The van der Waals surface area contributed by atoms with Crippen molar-refractivity contribution in [3.63, 3.8) is 0 Å². The second kappa shape index (κ2) is 4.71. The number of anilines is 1. The fourth-order valence-corrected chi connectivity index (χ4v) is 2.20. The van der Waals surface area contributed by atoms with E-state index in [0.29, 0.717) is 11.4 Å². The van der Waals surface area contributed by atoms with E-state index in [0.717, 1.165) is 9.98 Å². The molecule has 0 spiro atoms. The van der Waals surface area contributed by atoms with Gasteiger partial charge in [-0.3, -0.25) is 4.79 Å². The summed E-state index contributed by atoms with van der Waals surface area (Å²) in [7, 11) is 0. The predicted molar refractivity (Wildman–Crippen MR) is 64.2 cm³/mol. The first-order valence-corrected chi connectivity index (χ1v) is 5.99. The van der Waals surface area contributed by atoms with Crippen LogP contribution in [0.25, 0.3) is 0 Å². The molecular formula is C10H6BrFN2OS. The first-order chi connectivity index (χ1) is 7.65. The number of aromatic nitrogens is 1. The molecule has 0 radical (unpaired) electrons. The number of hydrogen-bond acceptors (Lipinski definition) is 3. The number of pyridine rings is 1. The molecule has 0 saturated heterocycles. The predicted octanol–water partition coefficient (Wildman–Crippen LogP) is 3.30. The van der Waals surface area contributed by atoms with Gasteiger partial charge in [0, 0.05) is 5.38 Å². The third-order valence-corrected chi connectivity index (χ3v) is 3.30. The second-order valence-electron chi connectivity index (χ2n) is 2.96. The Hall–Kier alpha value is -1.27. The van der Waals surface area contributed by atoms with Crippen molar-refractivity contribution in [2.24, 2.45) is 0 Å². The average molecular weight is 301 g/mol. The number of nitrogens with zero attached hydrogens (tertiary/aromatic N) is 1. The lowest BCUT2D eigenvalue weighted by atomic mass is 10.3. The van der Waals surface area contributed by atoms with Gasteiger partial charge in [-0.05, 0) is 34.1 Å². The maximum Gasteiger partial charge on any atom is 0.257 e. The molecule has 0 unspecified atom stereocenters. The summed E-state index contributed by atoms with van der Waals surface area (Å²) in [5.74, 6) is -0.369. The van der Waals surface area contributed by atoms with Gasteiger partial charge in [0.05, 0.1) is 15.5 Å². The molecule has 2 aromatic rings. The highest BCUT2D eigenvalue weighted by Crippen LogP contribution is 2.21. The van der Waals surface area contributed by atoms with Gasteiger partial charge in [0.1, 0.15) is 11.6 Å². The molecule has 1 N–H and O–H groups in total. The van der Waals surface area contributed by atoms with Crippen molar-refractivity contribution in [3.05, 3.63) is 44.9 Å². The molecule has 0 saturated carbocycles. The lowest BCUT2D eigenvalue weighted by Gasteiger charge is -2.01. The fraction of sp³-hybridized carbons (Fsp3) is 0. The smallest absolute Gasteiger partial charge is 0.257 e. The molecule has 2 aromatic heterocycles. The number of carbonyl (C=O) groups is 1. The summed E-state index contributed by atoms with van der Waals surface area (Å²) in [6.07, 6.45) is 1.05. The maximum absolute atomic E-state index is 12.6. The third-order valence-electron chi connectivity index (χ3n) is 1.80. The van der Waals surface area contributed by atoms with Crippen LogP contribution in [0.15, 0.2) is 33.6 Å². The number of hydrogen-bond donors (Lipinski definition) is 1. The first-order valence-electron chi connectivity index (χ1n) is 4.32. The van der Waals surface area contributed by atoms with E-state index in [9.17, 15) is 9.18 Å². The van der Waals surface area contributed by atoms with Gasteiger partial charge in [0.2, 0.25) is 0 Å². The summed E-state index contributed by atoms with van der Waals surface area (Å²) < 4.78 is 13.5. The second-order valence-corrected chi connectivity index (χ2v) is 5.25. The number of carbonyl (C=O) groups excluding carboxylic acids is 1. The van der Waals surface area contributed by atoms with Gasteiger partial charge in [-0.1, -0.05) is 0 Å². The SMILES string of the molecule is O=C(Nc1ccc(F)cn1)c1csc(Br)c1. The maximum atomic E-state index is 12.6. The highest BCUT2D eigenvalue weighted by atomic mass is 79.9. The van der Waals surface area contributed by atoms with Crippen LogP contribution in [0.1, 0.15) is 10.4 Å². The van der Waals surface area contributed by atoms with Crippen LogP contribution in [0.4, 0.5) is 10.2 Å². The van der Waals surface area contributed by atoms with E-state index in [1.165, 1.54) is 23.5 Å². The van der Waals surface area contributed by atoms with Crippen LogP contribution in [0.2, 0.25) is 0 Å². The van der Waals surface area contributed by atoms with Gasteiger partial charge in [-0.15, -0.1) is 11.3 Å². The minimum atomic E-state index is -0.434. The van der Waals surface area contributed by atoms with Crippen LogP contribution in [-0.2, 0) is 0 Å². The summed E-state index contributed by atoms with van der Waals surface area (Å²) in [5, 5.41) is 4.29. The summed E-state index contributed by atoms with van der Waals surface area (Å²) in [5.41, 5.74) is 0.544. The normalized spacial score (nSPS) is 10.1. The number of amides is 1. The van der Waals surface area contributed by atoms with E-state index in [2.05, 4.69) is 26.2 Å². The Bertz CT molecular complexity index is 512. The highest BCUT2D eigenvalue weighted by molar-refractivity contribution is 9.11. The van der Waals surface area contributed by atoms with Gasteiger partial charge >= 0.3 is 0 Å². The summed E-state index contributed by atoms with van der Waals surface area (Å²) in [4.78, 5) is 15.4. The Kier molecular flexibility index (Phi) is 3.31. The Morgan fingerprint density at radius 2 is 2.31 bits per heavy atom. The van der Waals surface area contributed by atoms with Crippen molar-refractivity contribution < 1.29 is 9.18 Å². The van der Waals surface area contributed by atoms with Crippen molar-refractivity contribution in [2.75, 3.05) is 5.32 Å². The molecule has 0 bridgehead atoms. The van der Waals surface area contributed by atoms with Crippen LogP contribution >= 0.6 is 27.3 Å². The molecule has 82 valence electrons. The lowest BCUT2D eigenvalue weighted by Crippen LogP contribution is -2.11. The van der Waals surface area contributed by atoms with Crippen LogP contribution in [0, 0.1) is 5.82 Å². The molecule has 2 heterocycles. The zero-order valence-electron chi connectivity index (χ0n) is 7.91. The van der Waals surface area contributed by atoms with E-state index < -0.39 is 5.82 Å². The Balaban J connectivity index is 2.10. The summed E-state index contributed by atoms with van der Waals surface area (Å²) in [6, 6.07) is 4.37. The molecule has 0 atom stereocenters. The monoisotopic (exact) mass is 300 g/mol. The van der Waals surface area contributed by atoms with Gasteiger partial charge in [-0.2, -0.15) is 0 Å². The van der Waals surface area contributed by atoms with Gasteiger partial charge in [0.15, 0.2) is 0 Å². The van der Waals surface area contributed by atoms with E-state index in [1.54, 1.807) is 11.4 Å². The molecule has 0 aromatic carbocycles. The number of rotatable bonds is 2. The van der Waals surface area contributed by atoms with Gasteiger partial charge in [-0.25, -0.2) is 9.37 Å². The Labute approximate surface area is 103 Å². The number of nitrogens with one attached hydrogen (secondary N) is 1. The molecule has 0 aliphatic heterocycles. The zero-order chi connectivity index (χ0) is 11.5. The lowest BCUT2D eigenvalue weighted by molar-refractivity contribution is 0.102. The molecule has 0 aliphatic rings. The van der Waals surface area contributed by atoms with Crippen molar-refractivity contribution in [2.45, 2.75) is 0 Å². The average Bonchev–Trinajstić information content (AvgIpc) is 2.68. The molecule has 0 fully saturated rings. The molecular weight excluding hydrogens is 295 g/mol. The van der Waals surface area contributed by atoms with Gasteiger partial charge < -0.3 is 5.32 Å². The zero-order valence-corrected chi connectivity index (χ0v) is 10.3. The van der Waals surface area contributed by atoms with Crippen molar-refractivity contribution in [1.29, 1.82) is 0 Å². The van der Waals surface area contributed by atoms with Gasteiger partial charge in [0.25, 0.3) is 5.91 Å². The van der Waals surface area contributed by atoms with Crippen molar-refractivity contribution in [1.82, 2.24) is 4.98 Å². The quantitative estimate of drug-likeness (QED) is 0.924. The topological polar surface area (TPSA) is 42.0 Å². The largest absolute Gasteiger partial charge is 0.307 e. The number of thiophene rings is 1. The molecule has 3 nitrogen and oxygen atoms in total. The van der Waals surface area contributed by atoms with E-state index in [1.807, 2.05) is 0 Å². The van der Waals surface area contributed by atoms with Crippen LogP contribution in [0.3, 0.4) is 0 Å². The Morgan fingerprint density at radius 3 is 2.88 bits per heavy atom. The number of halogens is 2. The molecule has 2 rings (SSSR count). The molecule has 1 amide bonds. The minimum Gasteiger partial charge on any atom is -0.307 e. The van der Waals surface area contributed by atoms with Crippen molar-refractivity contribution in [3.8, 4) is 0 Å². The minimum absolute atomic E-state index is 0.263. The molecule has 16 heavy (non-hydrogen) atoms. The van der Waals surface area contributed by atoms with Crippen LogP contribution in [0.5, 0.6) is 0 Å².